The number of esters is 2. The van der Waals surface area contributed by atoms with Crippen molar-refractivity contribution in [3.8, 4) is 0 Å². The molecule has 10 heteroatoms. The first-order valence-corrected chi connectivity index (χ1v) is 26.2. The second-order valence-electron chi connectivity index (χ2n) is 17.8. The smallest absolute Gasteiger partial charge is 0.462 e. The van der Waals surface area contributed by atoms with Crippen LogP contribution < -0.4 is 0 Å². The summed E-state index contributed by atoms with van der Waals surface area (Å²) in [6, 6.07) is 0. The van der Waals surface area contributed by atoms with E-state index < -0.39 is 26.5 Å². The minimum absolute atomic E-state index is 0.0303. The van der Waals surface area contributed by atoms with E-state index in [4.69, 9.17) is 18.5 Å². The van der Waals surface area contributed by atoms with Crippen molar-refractivity contribution in [3.05, 3.63) is 36.5 Å². The van der Waals surface area contributed by atoms with Crippen LogP contribution in [-0.4, -0.2) is 74.9 Å². The van der Waals surface area contributed by atoms with Crippen LogP contribution in [0.2, 0.25) is 0 Å². The lowest BCUT2D eigenvalue weighted by Crippen LogP contribution is -2.37. The largest absolute Gasteiger partial charge is 0.472 e. The van der Waals surface area contributed by atoms with Gasteiger partial charge in [-0.15, -0.1) is 0 Å². The van der Waals surface area contributed by atoms with E-state index in [1.165, 1.54) is 135 Å². The average Bonchev–Trinajstić information content (AvgIpc) is 3.20. The summed E-state index contributed by atoms with van der Waals surface area (Å²) in [7, 11) is 1.47. The number of phosphoric acid groups is 1. The van der Waals surface area contributed by atoms with Gasteiger partial charge in [-0.05, 0) is 70.6 Å². The molecule has 0 saturated heterocycles. The Labute approximate surface area is 370 Å². The van der Waals surface area contributed by atoms with E-state index in [2.05, 4.69) is 50.3 Å². The number of carbonyl (C=O) groups excluding carboxylic acids is 2. The molecular weight excluding hydrogens is 774 g/mol. The standard InChI is InChI=1S/C50H94NO8P/c1-6-8-10-12-14-16-18-20-22-24-25-27-29-31-33-35-37-39-41-43-50(53)59-48(47-58-60(54,55)57-45-44-51(3,4)5)46-56-49(52)42-40-38-36-34-32-30-28-26-23-21-19-17-15-13-11-9-7-2/h14,16,20-23,48H,6-13,15,17-19,24-47H2,1-5H3/p+1/b16-14-,22-20-,23-21-/t48-/m1/s1. The first-order chi connectivity index (χ1) is 29.0. The van der Waals surface area contributed by atoms with Crippen LogP contribution in [0.25, 0.3) is 0 Å². The molecule has 0 saturated carbocycles. The molecule has 0 aromatic rings. The molecule has 1 N–H and O–H groups in total. The summed E-state index contributed by atoms with van der Waals surface area (Å²) in [5.74, 6) is -0.803. The van der Waals surface area contributed by atoms with Crippen LogP contribution in [0, 0.1) is 0 Å². The predicted molar refractivity (Wildman–Crippen MR) is 252 cm³/mol. The summed E-state index contributed by atoms with van der Waals surface area (Å²) in [6.45, 7) is 4.41. The summed E-state index contributed by atoms with van der Waals surface area (Å²) >= 11 is 0. The number of ether oxygens (including phenoxy) is 2. The lowest BCUT2D eigenvalue weighted by Gasteiger charge is -2.24. The van der Waals surface area contributed by atoms with Gasteiger partial charge < -0.3 is 18.9 Å². The van der Waals surface area contributed by atoms with Crippen LogP contribution in [0.3, 0.4) is 0 Å². The van der Waals surface area contributed by atoms with Crippen molar-refractivity contribution < 1.29 is 42.1 Å². The number of hydrogen-bond acceptors (Lipinski definition) is 7. The molecule has 0 aliphatic heterocycles. The van der Waals surface area contributed by atoms with Gasteiger partial charge in [-0.2, -0.15) is 0 Å². The van der Waals surface area contributed by atoms with Crippen molar-refractivity contribution >= 4 is 19.8 Å². The SMILES string of the molecule is CCCCC/C=C\C/C=C\CCCCCCCCCCCC(=O)O[C@H](COC(=O)CCCCCCCCC/C=C\CCCCCCCC)COP(=O)(O)OCC[N+](C)(C)C. The van der Waals surface area contributed by atoms with Crippen molar-refractivity contribution in [3.63, 3.8) is 0 Å². The van der Waals surface area contributed by atoms with Crippen molar-refractivity contribution in [2.45, 2.75) is 225 Å². The number of nitrogens with zero attached hydrogens (tertiary/aromatic N) is 1. The number of rotatable bonds is 45. The summed E-state index contributed by atoms with van der Waals surface area (Å²) < 4.78 is 34.4. The molecule has 2 atom stereocenters. The fourth-order valence-corrected chi connectivity index (χ4v) is 7.49. The van der Waals surface area contributed by atoms with Crippen molar-refractivity contribution in [1.29, 1.82) is 0 Å². The predicted octanol–water partition coefficient (Wildman–Crippen LogP) is 14.5. The Morgan fingerprint density at radius 1 is 0.517 bits per heavy atom. The third kappa shape index (κ3) is 45.7. The molecule has 0 fully saturated rings. The maximum Gasteiger partial charge on any atom is 0.472 e. The quantitative estimate of drug-likeness (QED) is 0.0212. The van der Waals surface area contributed by atoms with Gasteiger partial charge in [0.05, 0.1) is 27.7 Å². The van der Waals surface area contributed by atoms with E-state index in [-0.39, 0.29) is 32.0 Å². The molecule has 0 aliphatic carbocycles. The molecule has 0 aromatic carbocycles. The third-order valence-corrected chi connectivity index (χ3v) is 11.6. The monoisotopic (exact) mass is 869 g/mol. The van der Waals surface area contributed by atoms with E-state index >= 15 is 0 Å². The summed E-state index contributed by atoms with van der Waals surface area (Å²) in [5, 5.41) is 0. The maximum atomic E-state index is 12.7. The molecule has 352 valence electrons. The topological polar surface area (TPSA) is 108 Å². The first kappa shape index (κ1) is 58.2. The lowest BCUT2D eigenvalue weighted by molar-refractivity contribution is -0.870. The molecule has 0 spiro atoms. The highest BCUT2D eigenvalue weighted by molar-refractivity contribution is 7.47. The molecule has 0 bridgehead atoms. The van der Waals surface area contributed by atoms with Crippen LogP contribution in [0.5, 0.6) is 0 Å². The zero-order valence-electron chi connectivity index (χ0n) is 39.7. The van der Waals surface area contributed by atoms with Crippen molar-refractivity contribution in [2.24, 2.45) is 0 Å². The molecule has 1 unspecified atom stereocenters. The number of carbonyl (C=O) groups is 2. The maximum absolute atomic E-state index is 12.7. The van der Waals surface area contributed by atoms with Gasteiger partial charge in [0.1, 0.15) is 19.8 Å². The molecule has 9 nitrogen and oxygen atoms in total. The van der Waals surface area contributed by atoms with E-state index in [1.807, 2.05) is 21.1 Å². The van der Waals surface area contributed by atoms with Crippen molar-refractivity contribution in [1.82, 2.24) is 0 Å². The molecule has 0 heterocycles. The molecule has 60 heavy (non-hydrogen) atoms. The minimum atomic E-state index is -4.38. The Morgan fingerprint density at radius 2 is 0.900 bits per heavy atom. The number of likely N-dealkylation sites (N-methyl/N-ethyl adjacent to an activating group) is 1. The summed E-state index contributed by atoms with van der Waals surface area (Å²) in [5.41, 5.74) is 0. The molecule has 0 radical (unpaired) electrons. The minimum Gasteiger partial charge on any atom is -0.462 e. The van der Waals surface area contributed by atoms with Gasteiger partial charge in [0.25, 0.3) is 0 Å². The second-order valence-corrected chi connectivity index (χ2v) is 19.3. The average molecular weight is 869 g/mol. The first-order valence-electron chi connectivity index (χ1n) is 24.7. The number of allylic oxidation sites excluding steroid dienone is 6. The number of phosphoric ester groups is 1. The summed E-state index contributed by atoms with van der Waals surface area (Å²) in [4.78, 5) is 35.5. The fourth-order valence-electron chi connectivity index (χ4n) is 6.75. The van der Waals surface area contributed by atoms with Crippen LogP contribution in [-0.2, 0) is 32.7 Å². The molecular formula is C50H95NO8P+. The van der Waals surface area contributed by atoms with Gasteiger partial charge in [0, 0.05) is 12.8 Å². The van der Waals surface area contributed by atoms with Gasteiger partial charge >= 0.3 is 19.8 Å². The normalized spacial score (nSPS) is 13.8. The Kier molecular flexibility index (Phi) is 41.3. The number of unbranched alkanes of at least 4 members (excludes halogenated alkanes) is 25. The molecule has 0 aliphatic rings. The highest BCUT2D eigenvalue weighted by atomic mass is 31.2. The van der Waals surface area contributed by atoms with Crippen LogP contribution in [0.1, 0.15) is 219 Å². The summed E-state index contributed by atoms with van der Waals surface area (Å²) in [6.07, 6.45) is 49.0. The fraction of sp³-hybridized carbons (Fsp3) is 0.840. The van der Waals surface area contributed by atoms with E-state index in [1.54, 1.807) is 0 Å². The zero-order chi connectivity index (χ0) is 44.3. The zero-order valence-corrected chi connectivity index (χ0v) is 40.6. The lowest BCUT2D eigenvalue weighted by atomic mass is 10.1. The number of hydrogen-bond donors (Lipinski definition) is 1. The molecule has 0 aromatic heterocycles. The van der Waals surface area contributed by atoms with Gasteiger partial charge in [0.15, 0.2) is 6.10 Å². The Morgan fingerprint density at radius 3 is 1.37 bits per heavy atom. The van der Waals surface area contributed by atoms with E-state index in [0.29, 0.717) is 17.4 Å². The second kappa shape index (κ2) is 42.5. The van der Waals surface area contributed by atoms with Gasteiger partial charge in [0.2, 0.25) is 0 Å². The van der Waals surface area contributed by atoms with Gasteiger partial charge in [-0.1, -0.05) is 172 Å². The van der Waals surface area contributed by atoms with Gasteiger partial charge in [-0.25, -0.2) is 4.57 Å². The molecule has 0 rings (SSSR count). The van der Waals surface area contributed by atoms with E-state index in [0.717, 1.165) is 51.4 Å². The third-order valence-electron chi connectivity index (χ3n) is 10.6. The Balaban J connectivity index is 4.29. The number of quaternary nitrogens is 1. The highest BCUT2D eigenvalue weighted by Crippen LogP contribution is 2.43. The Bertz CT molecular complexity index is 1120. The highest BCUT2D eigenvalue weighted by Gasteiger charge is 2.27. The van der Waals surface area contributed by atoms with Crippen LogP contribution in [0.4, 0.5) is 0 Å². The van der Waals surface area contributed by atoms with E-state index in [9.17, 15) is 19.0 Å². The van der Waals surface area contributed by atoms with Gasteiger partial charge in [-0.3, -0.25) is 18.6 Å². The molecule has 0 amide bonds. The van der Waals surface area contributed by atoms with Crippen LogP contribution >= 0.6 is 7.82 Å². The van der Waals surface area contributed by atoms with Crippen LogP contribution in [0.15, 0.2) is 36.5 Å². The Hall–Kier alpha value is -1.77. The van der Waals surface area contributed by atoms with Crippen molar-refractivity contribution in [2.75, 3.05) is 47.5 Å².